The highest BCUT2D eigenvalue weighted by molar-refractivity contribution is 6.06. The number of aryl methyl sites for hydroxylation is 1. The standard InChI is InChI=1S/C18H20N4O3/c1-11(23)17-15(8-4-13(18(17)19)5-9-16(24)25)12-2-6-14(7-3-12)21-10-22-20/h2-4,6-8,10H,5,9,19-20H2,1H3,(H,21,22)(H,24,25). The normalized spacial score (nSPS) is 10.8. The fraction of sp³-hybridized carbons (Fsp3) is 0.167. The lowest BCUT2D eigenvalue weighted by molar-refractivity contribution is -0.136. The smallest absolute Gasteiger partial charge is 0.303 e. The zero-order valence-electron chi connectivity index (χ0n) is 13.8. The number of aliphatic carboxylic acids is 1. The Morgan fingerprint density at radius 3 is 2.44 bits per heavy atom. The quantitative estimate of drug-likeness (QED) is 0.153. The second kappa shape index (κ2) is 8.07. The van der Waals surface area contributed by atoms with Gasteiger partial charge in [0.25, 0.3) is 0 Å². The van der Waals surface area contributed by atoms with Gasteiger partial charge in [0.15, 0.2) is 5.78 Å². The number of nitrogen functional groups attached to an aromatic ring is 1. The van der Waals surface area contributed by atoms with E-state index in [2.05, 4.69) is 10.4 Å². The molecule has 0 atom stereocenters. The number of hydrazine groups is 1. The number of benzene rings is 2. The van der Waals surface area contributed by atoms with Gasteiger partial charge in [-0.2, -0.15) is 0 Å². The Balaban J connectivity index is 2.43. The van der Waals surface area contributed by atoms with Gasteiger partial charge in [0.2, 0.25) is 0 Å². The van der Waals surface area contributed by atoms with Gasteiger partial charge >= 0.3 is 5.97 Å². The predicted octanol–water partition coefficient (Wildman–Crippen LogP) is 2.28. The van der Waals surface area contributed by atoms with Gasteiger partial charge < -0.3 is 16.3 Å². The lowest BCUT2D eigenvalue weighted by Gasteiger charge is -2.14. The van der Waals surface area contributed by atoms with Gasteiger partial charge in [0.05, 0.1) is 5.69 Å². The molecule has 2 rings (SSSR count). The number of nitrogens with zero attached hydrogens (tertiary/aromatic N) is 1. The highest BCUT2D eigenvalue weighted by atomic mass is 16.4. The van der Waals surface area contributed by atoms with Crippen LogP contribution in [0, 0.1) is 0 Å². The second-order valence-corrected chi connectivity index (χ2v) is 5.48. The van der Waals surface area contributed by atoms with Crippen LogP contribution in [0.4, 0.5) is 11.4 Å². The number of ketones is 1. The summed E-state index contributed by atoms with van der Waals surface area (Å²) < 4.78 is 0. The summed E-state index contributed by atoms with van der Waals surface area (Å²) in [6.07, 6.45) is 1.61. The molecule has 0 bridgehead atoms. The molecule has 0 aliphatic heterocycles. The van der Waals surface area contributed by atoms with E-state index in [0.717, 1.165) is 5.56 Å². The van der Waals surface area contributed by atoms with Crippen molar-refractivity contribution in [2.45, 2.75) is 19.8 Å². The van der Waals surface area contributed by atoms with Gasteiger partial charge in [-0.3, -0.25) is 9.59 Å². The molecule has 25 heavy (non-hydrogen) atoms. The molecule has 2 aromatic carbocycles. The maximum Gasteiger partial charge on any atom is 0.303 e. The van der Waals surface area contributed by atoms with Crippen molar-refractivity contribution in [2.24, 2.45) is 10.8 Å². The summed E-state index contributed by atoms with van der Waals surface area (Å²) in [5, 5.41) is 8.83. The van der Waals surface area contributed by atoms with Crippen molar-refractivity contribution in [2.75, 3.05) is 5.73 Å². The van der Waals surface area contributed by atoms with Crippen molar-refractivity contribution in [3.8, 4) is 11.1 Å². The molecular weight excluding hydrogens is 320 g/mol. The van der Waals surface area contributed by atoms with Crippen LogP contribution in [0.15, 0.2) is 41.4 Å². The van der Waals surface area contributed by atoms with Gasteiger partial charge in [-0.15, -0.1) is 0 Å². The largest absolute Gasteiger partial charge is 0.481 e. The van der Waals surface area contributed by atoms with E-state index in [1.54, 1.807) is 24.3 Å². The Morgan fingerprint density at radius 1 is 1.20 bits per heavy atom. The molecule has 0 saturated carbocycles. The van der Waals surface area contributed by atoms with Crippen LogP contribution >= 0.6 is 0 Å². The van der Waals surface area contributed by atoms with Crippen LogP contribution in [0.5, 0.6) is 0 Å². The Kier molecular flexibility index (Phi) is 5.86. The molecule has 6 N–H and O–H groups in total. The maximum atomic E-state index is 12.1. The van der Waals surface area contributed by atoms with Crippen molar-refractivity contribution < 1.29 is 14.7 Å². The van der Waals surface area contributed by atoms with Crippen molar-refractivity contribution in [3.05, 3.63) is 47.5 Å². The number of nitrogens with one attached hydrogen (secondary N) is 1. The SMILES string of the molecule is CC(=O)c1c(-c2ccc(N=CNN)cc2)ccc(CCC(=O)O)c1N. The summed E-state index contributed by atoms with van der Waals surface area (Å²) in [6, 6.07) is 10.8. The highest BCUT2D eigenvalue weighted by Crippen LogP contribution is 2.32. The number of carbonyl (C=O) groups excluding carboxylic acids is 1. The first-order chi connectivity index (χ1) is 11.9. The van der Waals surface area contributed by atoms with Gasteiger partial charge in [-0.05, 0) is 42.2 Å². The van der Waals surface area contributed by atoms with Crippen molar-refractivity contribution in [1.82, 2.24) is 5.43 Å². The first-order valence-corrected chi connectivity index (χ1v) is 7.67. The molecule has 0 radical (unpaired) electrons. The summed E-state index contributed by atoms with van der Waals surface area (Å²) >= 11 is 0. The van der Waals surface area contributed by atoms with Crippen LogP contribution in [0.2, 0.25) is 0 Å². The Bertz CT molecular complexity index is 814. The van der Waals surface area contributed by atoms with Gasteiger partial charge in [0.1, 0.15) is 6.34 Å². The molecule has 2 aromatic rings. The van der Waals surface area contributed by atoms with E-state index in [4.69, 9.17) is 16.7 Å². The summed E-state index contributed by atoms with van der Waals surface area (Å²) in [4.78, 5) is 27.0. The fourth-order valence-electron chi connectivity index (χ4n) is 2.58. The van der Waals surface area contributed by atoms with E-state index in [0.29, 0.717) is 28.1 Å². The lowest BCUT2D eigenvalue weighted by Crippen LogP contribution is -2.18. The van der Waals surface area contributed by atoms with Gasteiger partial charge in [-0.25, -0.2) is 10.8 Å². The Hall–Kier alpha value is -3.19. The van der Waals surface area contributed by atoms with Crippen molar-refractivity contribution in [3.63, 3.8) is 0 Å². The number of Topliss-reactive ketones (excluding diaryl/α,β-unsaturated/α-hetero) is 1. The third-order valence-corrected chi connectivity index (χ3v) is 3.76. The summed E-state index contributed by atoms with van der Waals surface area (Å²) in [7, 11) is 0. The molecule has 0 unspecified atom stereocenters. The minimum Gasteiger partial charge on any atom is -0.481 e. The summed E-state index contributed by atoms with van der Waals surface area (Å²) in [5.74, 6) is 4.06. The third-order valence-electron chi connectivity index (χ3n) is 3.76. The van der Waals surface area contributed by atoms with Gasteiger partial charge in [0, 0.05) is 17.7 Å². The van der Waals surface area contributed by atoms with E-state index in [1.165, 1.54) is 13.3 Å². The number of hydrogen-bond acceptors (Lipinski definition) is 5. The van der Waals surface area contributed by atoms with E-state index in [9.17, 15) is 9.59 Å². The molecular formula is C18H20N4O3. The zero-order chi connectivity index (χ0) is 18.4. The highest BCUT2D eigenvalue weighted by Gasteiger charge is 2.16. The summed E-state index contributed by atoms with van der Waals surface area (Å²) in [6.45, 7) is 1.45. The van der Waals surface area contributed by atoms with E-state index in [-0.39, 0.29) is 18.6 Å². The molecule has 0 saturated heterocycles. The molecule has 0 fully saturated rings. The number of carbonyl (C=O) groups is 2. The Morgan fingerprint density at radius 2 is 1.88 bits per heavy atom. The first-order valence-electron chi connectivity index (χ1n) is 7.67. The van der Waals surface area contributed by atoms with E-state index >= 15 is 0 Å². The maximum absolute atomic E-state index is 12.1. The van der Waals surface area contributed by atoms with E-state index < -0.39 is 5.97 Å². The summed E-state index contributed by atoms with van der Waals surface area (Å²) in [5.41, 5.74) is 12.1. The minimum atomic E-state index is -0.907. The first kappa shape index (κ1) is 18.2. The fourth-order valence-corrected chi connectivity index (χ4v) is 2.58. The predicted molar refractivity (Wildman–Crippen MR) is 97.7 cm³/mol. The molecule has 130 valence electrons. The topological polar surface area (TPSA) is 131 Å². The van der Waals surface area contributed by atoms with Gasteiger partial charge in [-0.1, -0.05) is 24.3 Å². The number of aliphatic imine (C=N–C) groups is 1. The molecule has 0 aliphatic rings. The number of anilines is 1. The second-order valence-electron chi connectivity index (χ2n) is 5.48. The molecule has 0 spiro atoms. The average Bonchev–Trinajstić information content (AvgIpc) is 2.58. The molecule has 7 heteroatoms. The average molecular weight is 340 g/mol. The molecule has 0 aromatic heterocycles. The number of carboxylic acid groups (broad SMARTS) is 1. The molecule has 0 heterocycles. The molecule has 7 nitrogen and oxygen atoms in total. The lowest BCUT2D eigenvalue weighted by atomic mass is 9.92. The monoisotopic (exact) mass is 340 g/mol. The number of hydrogen-bond donors (Lipinski definition) is 4. The van der Waals surface area contributed by atoms with Crippen molar-refractivity contribution >= 4 is 29.5 Å². The van der Waals surface area contributed by atoms with E-state index in [1.807, 2.05) is 12.1 Å². The van der Waals surface area contributed by atoms with Crippen LogP contribution < -0.4 is 17.0 Å². The number of nitrogens with two attached hydrogens (primary N) is 2. The number of carboxylic acids is 1. The third kappa shape index (κ3) is 4.42. The minimum absolute atomic E-state index is 0.0389. The zero-order valence-corrected chi connectivity index (χ0v) is 13.8. The van der Waals surface area contributed by atoms with Crippen molar-refractivity contribution in [1.29, 1.82) is 0 Å². The van der Waals surface area contributed by atoms with Crippen LogP contribution in [0.3, 0.4) is 0 Å². The van der Waals surface area contributed by atoms with Crippen LogP contribution in [-0.4, -0.2) is 23.2 Å². The molecule has 0 aliphatic carbocycles. The number of rotatable bonds is 7. The van der Waals surface area contributed by atoms with Crippen LogP contribution in [0.1, 0.15) is 29.3 Å². The van der Waals surface area contributed by atoms with Crippen LogP contribution in [-0.2, 0) is 11.2 Å². The van der Waals surface area contributed by atoms with Crippen LogP contribution in [0.25, 0.3) is 11.1 Å². The Labute approximate surface area is 145 Å². The molecule has 0 amide bonds.